The highest BCUT2D eigenvalue weighted by Gasteiger charge is 2.17. The van der Waals surface area contributed by atoms with Crippen molar-refractivity contribution in [2.75, 3.05) is 5.32 Å². The van der Waals surface area contributed by atoms with Crippen molar-refractivity contribution in [2.45, 2.75) is 13.0 Å². The Balaban J connectivity index is 1.77. The van der Waals surface area contributed by atoms with Crippen molar-refractivity contribution in [2.24, 2.45) is 0 Å². The molecule has 1 N–H and O–H groups in total. The Kier molecular flexibility index (Phi) is 3.81. The summed E-state index contributed by atoms with van der Waals surface area (Å²) in [5, 5.41) is 8.85. The van der Waals surface area contributed by atoms with Crippen molar-refractivity contribution in [3.05, 3.63) is 75.6 Å². The lowest BCUT2D eigenvalue weighted by Gasteiger charge is -2.19. The number of aryl methyl sites for hydroxylation is 1. The van der Waals surface area contributed by atoms with Gasteiger partial charge in [-0.1, -0.05) is 35.9 Å². The van der Waals surface area contributed by atoms with E-state index in [0.29, 0.717) is 0 Å². The predicted octanol–water partition coefficient (Wildman–Crippen LogP) is 5.26. The third kappa shape index (κ3) is 2.85. The van der Waals surface area contributed by atoms with Gasteiger partial charge in [0.2, 0.25) is 0 Å². The fourth-order valence-electron chi connectivity index (χ4n) is 2.57. The molecule has 0 saturated carbocycles. The number of thiophene rings is 2. The smallest absolute Gasteiger partial charge is 0.138 e. The van der Waals surface area contributed by atoms with Crippen molar-refractivity contribution < 1.29 is 0 Å². The first-order valence-electron chi connectivity index (χ1n) is 7.36. The Morgan fingerprint density at radius 3 is 2.61 bits per heavy atom. The number of hydrogen-bond donors (Lipinski definition) is 1. The summed E-state index contributed by atoms with van der Waals surface area (Å²) in [7, 11) is 0. The van der Waals surface area contributed by atoms with Crippen molar-refractivity contribution >= 4 is 38.7 Å². The van der Waals surface area contributed by atoms with E-state index in [1.165, 1.54) is 16.0 Å². The molecule has 5 heteroatoms. The third-order valence-corrected chi connectivity index (χ3v) is 5.54. The molecule has 0 aliphatic rings. The summed E-state index contributed by atoms with van der Waals surface area (Å²) < 4.78 is 0. The van der Waals surface area contributed by atoms with E-state index in [1.807, 2.05) is 0 Å². The van der Waals surface area contributed by atoms with E-state index in [0.717, 1.165) is 16.0 Å². The molecule has 114 valence electrons. The highest BCUT2D eigenvalue weighted by Crippen LogP contribution is 2.32. The first-order chi connectivity index (χ1) is 11.3. The molecule has 0 fully saturated rings. The van der Waals surface area contributed by atoms with E-state index in [1.54, 1.807) is 29.0 Å². The average Bonchev–Trinajstić information content (AvgIpc) is 3.25. The molecule has 3 aromatic heterocycles. The van der Waals surface area contributed by atoms with Crippen LogP contribution in [0.25, 0.3) is 10.2 Å². The molecule has 0 amide bonds. The average molecular weight is 337 g/mol. The molecular formula is C18H15N3S2. The van der Waals surface area contributed by atoms with Crippen LogP contribution in [0.5, 0.6) is 0 Å². The third-order valence-electron chi connectivity index (χ3n) is 3.78. The van der Waals surface area contributed by atoms with Gasteiger partial charge in [-0.15, -0.1) is 22.7 Å². The van der Waals surface area contributed by atoms with E-state index in [-0.39, 0.29) is 6.04 Å². The summed E-state index contributed by atoms with van der Waals surface area (Å²) in [5.41, 5.74) is 2.50. The monoisotopic (exact) mass is 337 g/mol. The van der Waals surface area contributed by atoms with Gasteiger partial charge < -0.3 is 5.32 Å². The van der Waals surface area contributed by atoms with Crippen LogP contribution in [0.15, 0.2) is 59.6 Å². The molecule has 0 spiro atoms. The highest BCUT2D eigenvalue weighted by atomic mass is 32.1. The fourth-order valence-corrected chi connectivity index (χ4v) is 4.11. The van der Waals surface area contributed by atoms with Crippen LogP contribution in [0.4, 0.5) is 5.82 Å². The number of aromatic nitrogens is 2. The predicted molar refractivity (Wildman–Crippen MR) is 98.4 cm³/mol. The molecule has 3 heterocycles. The van der Waals surface area contributed by atoms with E-state index in [4.69, 9.17) is 0 Å². The van der Waals surface area contributed by atoms with E-state index >= 15 is 0 Å². The van der Waals surface area contributed by atoms with Gasteiger partial charge in [-0.3, -0.25) is 0 Å². The Labute approximate surface area is 142 Å². The highest BCUT2D eigenvalue weighted by molar-refractivity contribution is 7.16. The second-order valence-corrected chi connectivity index (χ2v) is 7.24. The van der Waals surface area contributed by atoms with E-state index < -0.39 is 0 Å². The second kappa shape index (κ2) is 6.10. The van der Waals surface area contributed by atoms with E-state index in [2.05, 4.69) is 75.4 Å². The van der Waals surface area contributed by atoms with Crippen molar-refractivity contribution in [3.63, 3.8) is 0 Å². The number of fused-ring (bicyclic) bond motifs is 1. The largest absolute Gasteiger partial charge is 0.358 e. The minimum atomic E-state index is 0.0913. The van der Waals surface area contributed by atoms with Gasteiger partial charge >= 0.3 is 0 Å². The number of anilines is 1. The minimum Gasteiger partial charge on any atom is -0.358 e. The molecule has 4 aromatic rings. The zero-order chi connectivity index (χ0) is 15.6. The maximum Gasteiger partial charge on any atom is 0.138 e. The maximum atomic E-state index is 4.46. The second-order valence-electron chi connectivity index (χ2n) is 5.37. The van der Waals surface area contributed by atoms with Gasteiger partial charge in [0.05, 0.1) is 11.4 Å². The Morgan fingerprint density at radius 2 is 1.83 bits per heavy atom. The molecule has 0 saturated heterocycles. The molecular weight excluding hydrogens is 322 g/mol. The van der Waals surface area contributed by atoms with Crippen LogP contribution in [0.2, 0.25) is 0 Å². The fraction of sp³-hybridized carbons (Fsp3) is 0.111. The van der Waals surface area contributed by atoms with Crippen molar-refractivity contribution in [1.82, 2.24) is 9.97 Å². The quantitative estimate of drug-likeness (QED) is 0.552. The number of nitrogens with zero attached hydrogens (tertiary/aromatic N) is 2. The maximum absolute atomic E-state index is 4.46. The van der Waals surface area contributed by atoms with Gasteiger partial charge in [0, 0.05) is 4.88 Å². The molecule has 0 radical (unpaired) electrons. The lowest BCUT2D eigenvalue weighted by atomic mass is 10.0. The number of nitrogens with one attached hydrogen (secondary N) is 1. The molecule has 1 unspecified atom stereocenters. The van der Waals surface area contributed by atoms with Gasteiger partial charge in [0.15, 0.2) is 0 Å². The van der Waals surface area contributed by atoms with Gasteiger partial charge in [-0.2, -0.15) is 0 Å². The first-order valence-corrected chi connectivity index (χ1v) is 9.12. The lowest BCUT2D eigenvalue weighted by molar-refractivity contribution is 0.950. The molecule has 3 nitrogen and oxygen atoms in total. The molecule has 4 rings (SSSR count). The Bertz CT molecular complexity index is 911. The summed E-state index contributed by atoms with van der Waals surface area (Å²) in [6.07, 6.45) is 1.63. The molecule has 0 aliphatic carbocycles. The minimum absolute atomic E-state index is 0.0913. The van der Waals surface area contributed by atoms with Crippen LogP contribution in [-0.4, -0.2) is 9.97 Å². The molecule has 1 atom stereocenters. The Hall–Kier alpha value is -2.24. The van der Waals surface area contributed by atoms with E-state index in [9.17, 15) is 0 Å². The van der Waals surface area contributed by atoms with Crippen LogP contribution < -0.4 is 5.32 Å². The van der Waals surface area contributed by atoms with Gasteiger partial charge in [0.25, 0.3) is 0 Å². The van der Waals surface area contributed by atoms with Crippen molar-refractivity contribution in [3.8, 4) is 0 Å². The molecule has 0 bridgehead atoms. The zero-order valence-electron chi connectivity index (χ0n) is 12.6. The first kappa shape index (κ1) is 14.4. The van der Waals surface area contributed by atoms with Crippen LogP contribution in [0, 0.1) is 6.92 Å². The zero-order valence-corrected chi connectivity index (χ0v) is 14.2. The normalized spacial score (nSPS) is 12.4. The van der Waals surface area contributed by atoms with Crippen LogP contribution in [0.1, 0.15) is 22.0 Å². The van der Waals surface area contributed by atoms with Crippen LogP contribution in [-0.2, 0) is 0 Å². The summed E-state index contributed by atoms with van der Waals surface area (Å²) in [5.74, 6) is 0.884. The SMILES string of the molecule is Cc1ccc(C(Nc2ncnc3sccc23)c2cccs2)cc1. The van der Waals surface area contributed by atoms with Gasteiger partial charge in [-0.25, -0.2) is 9.97 Å². The Morgan fingerprint density at radius 1 is 0.957 bits per heavy atom. The summed E-state index contributed by atoms with van der Waals surface area (Å²) in [6, 6.07) is 15.1. The molecule has 0 aliphatic heterocycles. The molecule has 23 heavy (non-hydrogen) atoms. The van der Waals surface area contributed by atoms with Crippen LogP contribution >= 0.6 is 22.7 Å². The summed E-state index contributed by atoms with van der Waals surface area (Å²) in [4.78, 5) is 11.1. The molecule has 1 aromatic carbocycles. The summed E-state index contributed by atoms with van der Waals surface area (Å²) >= 11 is 3.39. The number of rotatable bonds is 4. The lowest BCUT2D eigenvalue weighted by Crippen LogP contribution is -2.12. The van der Waals surface area contributed by atoms with Gasteiger partial charge in [0.1, 0.15) is 17.0 Å². The van der Waals surface area contributed by atoms with Crippen molar-refractivity contribution in [1.29, 1.82) is 0 Å². The summed E-state index contributed by atoms with van der Waals surface area (Å²) in [6.45, 7) is 2.11. The standard InChI is InChI=1S/C18H15N3S2/c1-12-4-6-13(7-5-12)16(15-3-2-9-22-15)21-17-14-8-10-23-18(14)20-11-19-17/h2-11,16H,1H3,(H,19,20,21). The number of hydrogen-bond acceptors (Lipinski definition) is 5. The topological polar surface area (TPSA) is 37.8 Å². The number of benzene rings is 1. The van der Waals surface area contributed by atoms with Crippen LogP contribution in [0.3, 0.4) is 0 Å². The van der Waals surface area contributed by atoms with Gasteiger partial charge in [-0.05, 0) is 35.4 Å².